The van der Waals surface area contributed by atoms with Gasteiger partial charge in [-0.2, -0.15) is 0 Å². The number of hydrogen-bond donors (Lipinski definition) is 2. The van der Waals surface area contributed by atoms with Crippen molar-refractivity contribution in [1.29, 1.82) is 0 Å². The first-order valence-corrected chi connectivity index (χ1v) is 8.74. The summed E-state index contributed by atoms with van der Waals surface area (Å²) in [6.07, 6.45) is 3.27. The van der Waals surface area contributed by atoms with Crippen LogP contribution >= 0.6 is 24.0 Å². The van der Waals surface area contributed by atoms with Crippen molar-refractivity contribution >= 4 is 51.8 Å². The van der Waals surface area contributed by atoms with Gasteiger partial charge in [-0.25, -0.2) is 14.8 Å². The Bertz CT molecular complexity index is 850. The topological polar surface area (TPSA) is 71.0 Å². The van der Waals surface area contributed by atoms with E-state index < -0.39 is 0 Å². The molecule has 0 radical (unpaired) electrons. The molecule has 0 spiro atoms. The molecule has 0 aliphatic carbocycles. The van der Waals surface area contributed by atoms with E-state index in [1.165, 1.54) is 11.3 Å². The number of thiazole rings is 1. The van der Waals surface area contributed by atoms with Crippen LogP contribution in [0.25, 0.3) is 10.3 Å². The molecule has 0 aliphatic heterocycles. The molecule has 0 bridgehead atoms. The summed E-state index contributed by atoms with van der Waals surface area (Å²) in [4.78, 5) is 27.9. The predicted molar refractivity (Wildman–Crippen MR) is 100 cm³/mol. The van der Waals surface area contributed by atoms with Gasteiger partial charge in [-0.15, -0.1) is 12.6 Å². The Morgan fingerprint density at radius 2 is 2.00 bits per heavy atom. The Morgan fingerprint density at radius 3 is 2.71 bits per heavy atom. The van der Waals surface area contributed by atoms with Crippen LogP contribution in [0, 0.1) is 5.92 Å². The molecule has 0 unspecified atom stereocenters. The van der Waals surface area contributed by atoms with E-state index in [9.17, 15) is 4.79 Å². The Morgan fingerprint density at radius 1 is 1.25 bits per heavy atom. The largest absolute Gasteiger partial charge is 0.327 e. The Labute approximate surface area is 149 Å². The van der Waals surface area contributed by atoms with Crippen molar-refractivity contribution in [3.05, 3.63) is 36.7 Å². The van der Waals surface area contributed by atoms with Gasteiger partial charge in [0.15, 0.2) is 0 Å². The first kappa shape index (κ1) is 16.7. The van der Waals surface area contributed by atoms with Crippen molar-refractivity contribution in [2.24, 2.45) is 5.92 Å². The number of hydrogen-bond acceptors (Lipinski definition) is 6. The number of carbonyl (C=O) groups excluding carboxylic acids is 1. The zero-order chi connectivity index (χ0) is 17.1. The van der Waals surface area contributed by atoms with E-state index in [1.807, 2.05) is 12.1 Å². The molecule has 0 atom stereocenters. The van der Waals surface area contributed by atoms with Gasteiger partial charge in [-0.3, -0.25) is 9.88 Å². The Balaban J connectivity index is 1.90. The first-order chi connectivity index (χ1) is 11.5. The van der Waals surface area contributed by atoms with E-state index in [1.54, 1.807) is 29.4 Å². The van der Waals surface area contributed by atoms with E-state index in [2.05, 4.69) is 46.7 Å². The molecule has 0 saturated heterocycles. The second-order valence-corrected chi connectivity index (χ2v) is 7.36. The minimum atomic E-state index is -0.225. The number of amides is 2. The molecule has 3 rings (SSSR count). The second-order valence-electron chi connectivity index (χ2n) is 5.66. The fourth-order valence-corrected chi connectivity index (χ4v) is 3.26. The molecular formula is C16H17N5OS2. The minimum absolute atomic E-state index is 0.225. The van der Waals surface area contributed by atoms with Gasteiger partial charge in [0.05, 0.1) is 0 Å². The number of thiol groups is 1. The van der Waals surface area contributed by atoms with Gasteiger partial charge in [-0.05, 0) is 30.2 Å². The van der Waals surface area contributed by atoms with Crippen LogP contribution in [-0.2, 0) is 0 Å². The molecule has 8 heteroatoms. The quantitative estimate of drug-likeness (QED) is 0.689. The lowest BCUT2D eigenvalue weighted by Crippen LogP contribution is -2.38. The highest BCUT2D eigenvalue weighted by molar-refractivity contribution is 7.82. The highest BCUT2D eigenvalue weighted by Gasteiger charge is 2.19. The van der Waals surface area contributed by atoms with Crippen LogP contribution in [0.2, 0.25) is 0 Å². The molecule has 124 valence electrons. The minimum Gasteiger partial charge on any atom is -0.307 e. The maximum absolute atomic E-state index is 12.7. The summed E-state index contributed by atoms with van der Waals surface area (Å²) < 4.78 is 0.659. The molecule has 24 heavy (non-hydrogen) atoms. The molecule has 3 heterocycles. The predicted octanol–water partition coefficient (Wildman–Crippen LogP) is 4.07. The van der Waals surface area contributed by atoms with Crippen LogP contribution in [0.3, 0.4) is 0 Å². The van der Waals surface area contributed by atoms with Gasteiger partial charge in [-0.1, -0.05) is 25.2 Å². The van der Waals surface area contributed by atoms with Crippen molar-refractivity contribution in [3.63, 3.8) is 0 Å². The summed E-state index contributed by atoms with van der Waals surface area (Å²) in [5.74, 6) is 0.896. The summed E-state index contributed by atoms with van der Waals surface area (Å²) in [7, 11) is 0. The SMILES string of the molecule is CC(C)CN(C(=O)Nc1ccncc1)c1ccc2nc(S)sc2n1. The Hall–Kier alpha value is -2.19. The van der Waals surface area contributed by atoms with E-state index >= 15 is 0 Å². The third kappa shape index (κ3) is 3.82. The molecule has 0 aromatic carbocycles. The monoisotopic (exact) mass is 359 g/mol. The normalized spacial score (nSPS) is 11.0. The zero-order valence-corrected chi connectivity index (χ0v) is 15.0. The maximum atomic E-state index is 12.7. The van der Waals surface area contributed by atoms with E-state index in [0.717, 1.165) is 10.3 Å². The molecule has 0 saturated carbocycles. The van der Waals surface area contributed by atoms with Gasteiger partial charge in [0.25, 0.3) is 0 Å². The number of rotatable bonds is 4. The van der Waals surface area contributed by atoms with Crippen molar-refractivity contribution in [3.8, 4) is 0 Å². The Kier molecular flexibility index (Phi) is 4.96. The van der Waals surface area contributed by atoms with Gasteiger partial charge >= 0.3 is 6.03 Å². The number of fused-ring (bicyclic) bond motifs is 1. The van der Waals surface area contributed by atoms with Crippen LogP contribution in [0.4, 0.5) is 16.3 Å². The summed E-state index contributed by atoms with van der Waals surface area (Å²) >= 11 is 5.65. The average molecular weight is 359 g/mol. The first-order valence-electron chi connectivity index (χ1n) is 7.48. The number of nitrogens with one attached hydrogen (secondary N) is 1. The average Bonchev–Trinajstić information content (AvgIpc) is 2.92. The van der Waals surface area contributed by atoms with Gasteiger partial charge in [0.2, 0.25) is 0 Å². The van der Waals surface area contributed by atoms with Crippen molar-refractivity contribution < 1.29 is 4.79 Å². The lowest BCUT2D eigenvalue weighted by molar-refractivity contribution is 0.256. The summed E-state index contributed by atoms with van der Waals surface area (Å²) in [5, 5.41) is 2.88. The molecule has 0 aliphatic rings. The van der Waals surface area contributed by atoms with Crippen LogP contribution in [-0.4, -0.2) is 27.5 Å². The maximum Gasteiger partial charge on any atom is 0.327 e. The number of anilines is 2. The third-order valence-electron chi connectivity index (χ3n) is 3.23. The van der Waals surface area contributed by atoms with E-state index in [4.69, 9.17) is 0 Å². The van der Waals surface area contributed by atoms with Crippen molar-refractivity contribution in [2.45, 2.75) is 18.2 Å². The molecule has 3 aromatic heterocycles. The molecule has 6 nitrogen and oxygen atoms in total. The number of carbonyl (C=O) groups is 1. The smallest absolute Gasteiger partial charge is 0.307 e. The van der Waals surface area contributed by atoms with Crippen molar-refractivity contribution in [2.75, 3.05) is 16.8 Å². The van der Waals surface area contributed by atoms with Crippen molar-refractivity contribution in [1.82, 2.24) is 15.0 Å². The van der Waals surface area contributed by atoms with Crippen LogP contribution in [0.5, 0.6) is 0 Å². The van der Waals surface area contributed by atoms with Crippen LogP contribution < -0.4 is 10.2 Å². The number of urea groups is 1. The molecule has 1 N–H and O–H groups in total. The summed E-state index contributed by atoms with van der Waals surface area (Å²) in [6.45, 7) is 4.68. The zero-order valence-electron chi connectivity index (χ0n) is 13.3. The second kappa shape index (κ2) is 7.14. The van der Waals surface area contributed by atoms with Gasteiger partial charge in [0, 0.05) is 24.6 Å². The van der Waals surface area contributed by atoms with E-state index in [-0.39, 0.29) is 6.03 Å². The van der Waals surface area contributed by atoms with Crippen LogP contribution in [0.1, 0.15) is 13.8 Å². The summed E-state index contributed by atoms with van der Waals surface area (Å²) in [5.41, 5.74) is 1.48. The summed E-state index contributed by atoms with van der Waals surface area (Å²) in [6, 6.07) is 6.94. The fraction of sp³-hybridized carbons (Fsp3) is 0.250. The molecule has 0 fully saturated rings. The fourth-order valence-electron chi connectivity index (χ4n) is 2.22. The van der Waals surface area contributed by atoms with E-state index in [0.29, 0.717) is 28.3 Å². The highest BCUT2D eigenvalue weighted by Crippen LogP contribution is 2.26. The van der Waals surface area contributed by atoms with Gasteiger partial charge in [0.1, 0.15) is 20.5 Å². The lowest BCUT2D eigenvalue weighted by Gasteiger charge is -2.24. The van der Waals surface area contributed by atoms with Crippen LogP contribution in [0.15, 0.2) is 41.0 Å². The molecule has 2 amide bonds. The highest BCUT2D eigenvalue weighted by atomic mass is 32.2. The lowest BCUT2D eigenvalue weighted by atomic mass is 10.2. The standard InChI is InChI=1S/C16H17N5OS2/c1-10(2)9-21(15(22)18-11-5-7-17-8-6-11)13-4-3-12-14(20-13)24-16(23)19-12/h3-8,10H,9H2,1-2H3,(H,19,23)(H,17,18,22). The van der Waals surface area contributed by atoms with Gasteiger partial charge < -0.3 is 5.32 Å². The number of aromatic nitrogens is 3. The molecule has 3 aromatic rings. The number of nitrogens with zero attached hydrogens (tertiary/aromatic N) is 4. The molecular weight excluding hydrogens is 342 g/mol. The third-order valence-corrected chi connectivity index (χ3v) is 4.37. The number of pyridine rings is 2.